The van der Waals surface area contributed by atoms with E-state index < -0.39 is 0 Å². The zero-order valence-electron chi connectivity index (χ0n) is 9.48. The predicted molar refractivity (Wildman–Crippen MR) is 58.0 cm³/mol. The molecule has 0 aromatic rings. The van der Waals surface area contributed by atoms with Crippen LogP contribution in [0, 0.1) is 29.2 Å². The summed E-state index contributed by atoms with van der Waals surface area (Å²) in [4.78, 5) is 1.89. The van der Waals surface area contributed by atoms with Crippen LogP contribution in [-0.2, 0) is 4.74 Å². The van der Waals surface area contributed by atoms with Crippen LogP contribution in [0.15, 0.2) is 0 Å². The van der Waals surface area contributed by atoms with Gasteiger partial charge >= 0.3 is 0 Å². The number of methoxy groups -OCH3 is 1. The summed E-state index contributed by atoms with van der Waals surface area (Å²) in [5.41, 5.74) is 0. The van der Waals surface area contributed by atoms with Crippen LogP contribution in [0.2, 0.25) is 0 Å². The van der Waals surface area contributed by atoms with Crippen molar-refractivity contribution in [1.29, 1.82) is 5.26 Å². The van der Waals surface area contributed by atoms with Crippen LogP contribution in [-0.4, -0.2) is 31.7 Å². The third-order valence-electron chi connectivity index (χ3n) is 3.96. The lowest BCUT2D eigenvalue weighted by Gasteiger charge is -2.28. The second-order valence-electron chi connectivity index (χ2n) is 4.87. The van der Waals surface area contributed by atoms with Gasteiger partial charge in [0.2, 0.25) is 0 Å². The van der Waals surface area contributed by atoms with E-state index in [-0.39, 0.29) is 0 Å². The third kappa shape index (κ3) is 2.63. The fourth-order valence-corrected chi connectivity index (χ4v) is 2.88. The summed E-state index contributed by atoms with van der Waals surface area (Å²) in [5.74, 6) is 2.75. The maximum atomic E-state index is 8.76. The van der Waals surface area contributed by atoms with Gasteiger partial charge in [-0.3, -0.25) is 0 Å². The molecule has 0 bridgehead atoms. The van der Waals surface area contributed by atoms with Gasteiger partial charge in [0.15, 0.2) is 6.19 Å². The average molecular weight is 208 g/mol. The predicted octanol–water partition coefficient (Wildman–Crippen LogP) is 1.85. The Morgan fingerprint density at radius 3 is 2.73 bits per heavy atom. The van der Waals surface area contributed by atoms with E-state index in [9.17, 15) is 0 Å². The van der Waals surface area contributed by atoms with E-state index >= 15 is 0 Å². The van der Waals surface area contributed by atoms with Crippen molar-refractivity contribution in [3.05, 3.63) is 0 Å². The Labute approximate surface area is 92.0 Å². The van der Waals surface area contributed by atoms with Crippen molar-refractivity contribution >= 4 is 0 Å². The van der Waals surface area contributed by atoms with Gasteiger partial charge in [-0.15, -0.1) is 0 Å². The molecule has 1 saturated carbocycles. The van der Waals surface area contributed by atoms with Gasteiger partial charge in [0.1, 0.15) is 0 Å². The number of piperidine rings is 1. The number of rotatable bonds is 4. The van der Waals surface area contributed by atoms with Crippen LogP contribution in [0.1, 0.15) is 25.7 Å². The summed E-state index contributed by atoms with van der Waals surface area (Å²) in [6.07, 6.45) is 7.33. The molecule has 0 unspecified atom stereocenters. The molecule has 2 atom stereocenters. The quantitative estimate of drug-likeness (QED) is 0.661. The van der Waals surface area contributed by atoms with E-state index in [0.717, 1.165) is 37.5 Å². The maximum Gasteiger partial charge on any atom is 0.179 e. The molecule has 84 valence electrons. The Hall–Kier alpha value is -0.750. The molecule has 0 amide bonds. The number of nitrogens with zero attached hydrogens (tertiary/aromatic N) is 2. The van der Waals surface area contributed by atoms with Crippen molar-refractivity contribution in [2.45, 2.75) is 25.7 Å². The number of nitriles is 1. The van der Waals surface area contributed by atoms with Crippen molar-refractivity contribution in [2.75, 3.05) is 26.8 Å². The second-order valence-corrected chi connectivity index (χ2v) is 4.87. The van der Waals surface area contributed by atoms with Crippen LogP contribution >= 0.6 is 0 Å². The minimum Gasteiger partial charge on any atom is -0.385 e. The summed E-state index contributed by atoms with van der Waals surface area (Å²) in [6.45, 7) is 2.88. The van der Waals surface area contributed by atoms with Crippen molar-refractivity contribution in [3.8, 4) is 6.19 Å². The van der Waals surface area contributed by atoms with Gasteiger partial charge < -0.3 is 9.64 Å². The molecule has 3 heteroatoms. The SMILES string of the molecule is COCC[C@@H]1C[C@@H]1C1CCN(C#N)CC1. The van der Waals surface area contributed by atoms with Crippen molar-refractivity contribution in [1.82, 2.24) is 4.90 Å². The lowest BCUT2D eigenvalue weighted by molar-refractivity contribution is 0.180. The molecule has 2 aliphatic rings. The maximum absolute atomic E-state index is 8.76. The molecule has 1 heterocycles. The minimum atomic E-state index is 0.886. The van der Waals surface area contributed by atoms with Crippen LogP contribution in [0.5, 0.6) is 0 Å². The number of hydrogen-bond acceptors (Lipinski definition) is 3. The molecule has 2 rings (SSSR count). The Morgan fingerprint density at radius 1 is 1.40 bits per heavy atom. The highest BCUT2D eigenvalue weighted by Crippen LogP contribution is 2.49. The van der Waals surface area contributed by atoms with Gasteiger partial charge in [-0.05, 0) is 43.4 Å². The van der Waals surface area contributed by atoms with E-state index in [1.807, 2.05) is 4.90 Å². The molecular weight excluding hydrogens is 188 g/mol. The van der Waals surface area contributed by atoms with Gasteiger partial charge in [0.25, 0.3) is 0 Å². The highest BCUT2D eigenvalue weighted by Gasteiger charge is 2.42. The Bertz CT molecular complexity index is 240. The summed E-state index contributed by atoms with van der Waals surface area (Å²) in [5, 5.41) is 8.76. The van der Waals surface area contributed by atoms with Crippen molar-refractivity contribution < 1.29 is 4.74 Å². The summed E-state index contributed by atoms with van der Waals surface area (Å²) >= 11 is 0. The van der Waals surface area contributed by atoms with E-state index in [4.69, 9.17) is 10.00 Å². The normalized spacial score (nSPS) is 31.3. The minimum absolute atomic E-state index is 0.886. The molecule has 1 saturated heterocycles. The van der Waals surface area contributed by atoms with E-state index in [1.165, 1.54) is 25.7 Å². The van der Waals surface area contributed by atoms with Gasteiger partial charge in [-0.1, -0.05) is 0 Å². The number of hydrogen-bond donors (Lipinski definition) is 0. The molecule has 0 spiro atoms. The Balaban J connectivity index is 1.68. The molecule has 0 aromatic heterocycles. The standard InChI is InChI=1S/C12H20N2O/c1-15-7-4-11-8-12(11)10-2-5-14(9-13)6-3-10/h10-12H,2-8H2,1H3/t11-,12-/m1/s1. The fourth-order valence-electron chi connectivity index (χ4n) is 2.88. The van der Waals surface area contributed by atoms with Gasteiger partial charge in [-0.25, -0.2) is 0 Å². The first-order valence-electron chi connectivity index (χ1n) is 5.98. The largest absolute Gasteiger partial charge is 0.385 e. The Morgan fingerprint density at radius 2 is 2.13 bits per heavy atom. The van der Waals surface area contributed by atoms with Crippen LogP contribution in [0.4, 0.5) is 0 Å². The zero-order valence-corrected chi connectivity index (χ0v) is 9.48. The molecule has 3 nitrogen and oxygen atoms in total. The second kappa shape index (κ2) is 4.85. The van der Waals surface area contributed by atoms with Crippen molar-refractivity contribution in [3.63, 3.8) is 0 Å². The Kier molecular flexibility index (Phi) is 3.48. The zero-order chi connectivity index (χ0) is 10.7. The molecular formula is C12H20N2O. The molecule has 0 N–H and O–H groups in total. The summed E-state index contributed by atoms with van der Waals surface area (Å²) in [6, 6.07) is 0. The smallest absolute Gasteiger partial charge is 0.179 e. The fraction of sp³-hybridized carbons (Fsp3) is 0.917. The first-order valence-corrected chi connectivity index (χ1v) is 5.98. The third-order valence-corrected chi connectivity index (χ3v) is 3.96. The number of likely N-dealkylation sites (tertiary alicyclic amines) is 1. The molecule has 0 aromatic carbocycles. The van der Waals surface area contributed by atoms with Crippen molar-refractivity contribution in [2.24, 2.45) is 17.8 Å². The van der Waals surface area contributed by atoms with Gasteiger partial charge in [-0.2, -0.15) is 5.26 Å². The highest BCUT2D eigenvalue weighted by atomic mass is 16.5. The van der Waals surface area contributed by atoms with Crippen LogP contribution in [0.25, 0.3) is 0 Å². The topological polar surface area (TPSA) is 36.3 Å². The molecule has 1 aliphatic heterocycles. The monoisotopic (exact) mass is 208 g/mol. The molecule has 15 heavy (non-hydrogen) atoms. The first kappa shape index (κ1) is 10.8. The first-order chi connectivity index (χ1) is 7.35. The average Bonchev–Trinajstić information content (AvgIpc) is 3.06. The summed E-state index contributed by atoms with van der Waals surface area (Å²) in [7, 11) is 1.78. The number of ether oxygens (including phenoxy) is 1. The molecule has 1 aliphatic carbocycles. The van der Waals surface area contributed by atoms with Gasteiger partial charge in [0.05, 0.1) is 0 Å². The lowest BCUT2D eigenvalue weighted by atomic mass is 9.91. The summed E-state index contributed by atoms with van der Waals surface area (Å²) < 4.78 is 5.11. The van der Waals surface area contributed by atoms with Gasteiger partial charge in [0, 0.05) is 26.8 Å². The van der Waals surface area contributed by atoms with Crippen LogP contribution in [0.3, 0.4) is 0 Å². The van der Waals surface area contributed by atoms with E-state index in [1.54, 1.807) is 7.11 Å². The van der Waals surface area contributed by atoms with Crippen LogP contribution < -0.4 is 0 Å². The van der Waals surface area contributed by atoms with E-state index in [2.05, 4.69) is 6.19 Å². The lowest BCUT2D eigenvalue weighted by Crippen LogP contribution is -2.30. The molecule has 0 radical (unpaired) electrons. The van der Waals surface area contributed by atoms with E-state index in [0.29, 0.717) is 0 Å². The highest BCUT2D eigenvalue weighted by molar-refractivity contribution is 4.94. The molecule has 2 fully saturated rings.